The van der Waals surface area contributed by atoms with Crippen LogP contribution in [0.2, 0.25) is 5.02 Å². The van der Waals surface area contributed by atoms with Gasteiger partial charge < -0.3 is 10.0 Å². The highest BCUT2D eigenvalue weighted by Gasteiger charge is 2.36. The molecular weight excluding hydrogens is 326 g/mol. The van der Waals surface area contributed by atoms with Gasteiger partial charge in [-0.25, -0.2) is 0 Å². The van der Waals surface area contributed by atoms with E-state index in [0.717, 1.165) is 25.8 Å². The predicted molar refractivity (Wildman–Crippen MR) is 94.4 cm³/mol. The van der Waals surface area contributed by atoms with E-state index in [4.69, 9.17) is 11.6 Å². The molecule has 3 unspecified atom stereocenters. The smallest absolute Gasteiger partial charge is 0.256 e. The Morgan fingerprint density at radius 3 is 2.75 bits per heavy atom. The van der Waals surface area contributed by atoms with Crippen molar-refractivity contribution < 1.29 is 9.90 Å². The van der Waals surface area contributed by atoms with Gasteiger partial charge in [-0.15, -0.1) is 0 Å². The lowest BCUT2D eigenvalue weighted by molar-refractivity contribution is -0.142. The lowest BCUT2D eigenvalue weighted by atomic mass is 9.82. The first kappa shape index (κ1) is 17.7. The molecule has 0 saturated carbocycles. The van der Waals surface area contributed by atoms with Crippen molar-refractivity contribution in [3.05, 3.63) is 34.9 Å². The van der Waals surface area contributed by atoms with Crippen molar-refractivity contribution in [3.63, 3.8) is 0 Å². The molecule has 0 spiro atoms. The zero-order chi connectivity index (χ0) is 17.1. The normalized spacial score (nSPS) is 26.5. The van der Waals surface area contributed by atoms with Crippen LogP contribution in [0, 0.1) is 11.8 Å². The molecule has 0 radical (unpaired) electrons. The summed E-state index contributed by atoms with van der Waals surface area (Å²) in [5.41, 5.74) is 7.16. The fourth-order valence-corrected chi connectivity index (χ4v) is 4.17. The van der Waals surface area contributed by atoms with Crippen LogP contribution in [0.4, 0.5) is 0 Å². The minimum Gasteiger partial charge on any atom is -0.378 e. The molecule has 5 nitrogen and oxygen atoms in total. The molecule has 132 valence electrons. The van der Waals surface area contributed by atoms with Crippen LogP contribution in [-0.4, -0.2) is 41.6 Å². The topological polar surface area (TPSA) is 64.6 Å². The number of likely N-dealkylation sites (tertiary alicyclic amines) is 1. The number of amides is 1. The van der Waals surface area contributed by atoms with Gasteiger partial charge >= 0.3 is 0 Å². The Bertz CT molecular complexity index is 575. The molecule has 0 aliphatic carbocycles. The van der Waals surface area contributed by atoms with E-state index in [-0.39, 0.29) is 5.91 Å². The maximum Gasteiger partial charge on any atom is 0.256 e. The van der Waals surface area contributed by atoms with E-state index < -0.39 is 6.10 Å². The third-order valence-corrected chi connectivity index (χ3v) is 5.80. The number of hydrazine groups is 1. The molecule has 1 amide bonds. The Morgan fingerprint density at radius 2 is 2.08 bits per heavy atom. The summed E-state index contributed by atoms with van der Waals surface area (Å²) < 4.78 is 0. The van der Waals surface area contributed by atoms with Crippen molar-refractivity contribution in [1.82, 2.24) is 15.8 Å². The Hall–Kier alpha value is -1.14. The average molecular weight is 352 g/mol. The highest BCUT2D eigenvalue weighted by atomic mass is 35.5. The Labute approximate surface area is 148 Å². The molecule has 2 heterocycles. The largest absolute Gasteiger partial charge is 0.378 e. The maximum absolute atomic E-state index is 12.6. The van der Waals surface area contributed by atoms with Crippen molar-refractivity contribution in [2.75, 3.05) is 19.6 Å². The van der Waals surface area contributed by atoms with Gasteiger partial charge in [0.2, 0.25) is 0 Å². The third kappa shape index (κ3) is 3.59. The first-order valence-corrected chi connectivity index (χ1v) is 9.19. The summed E-state index contributed by atoms with van der Waals surface area (Å²) in [5, 5.41) is 10.8. The van der Waals surface area contributed by atoms with Gasteiger partial charge in [0.05, 0.1) is 0 Å². The molecule has 1 aromatic rings. The zero-order valence-corrected chi connectivity index (χ0v) is 14.8. The number of nitrogens with zero attached hydrogens (tertiary/aromatic N) is 1. The second kappa shape index (κ2) is 7.83. The molecule has 3 N–H and O–H groups in total. The monoisotopic (exact) mass is 351 g/mol. The van der Waals surface area contributed by atoms with Gasteiger partial charge in [-0.2, -0.15) is 0 Å². The number of hydrogen-bond acceptors (Lipinski definition) is 4. The highest BCUT2D eigenvalue weighted by Crippen LogP contribution is 2.30. The summed E-state index contributed by atoms with van der Waals surface area (Å²) in [6.07, 6.45) is 1.92. The van der Waals surface area contributed by atoms with Crippen molar-refractivity contribution in [2.45, 2.75) is 38.3 Å². The third-order valence-electron chi connectivity index (χ3n) is 5.46. The molecule has 2 aliphatic rings. The van der Waals surface area contributed by atoms with Crippen LogP contribution in [0.15, 0.2) is 24.3 Å². The van der Waals surface area contributed by atoms with Gasteiger partial charge in [0.15, 0.2) is 6.10 Å². The SMILES string of the molecule is CCC1CNNC1C1CCN(C(=O)C(O)c2ccccc2Cl)CC1. The molecular formula is C18H26ClN3O2. The number of piperidine rings is 1. The van der Waals surface area contributed by atoms with Crippen LogP contribution in [0.3, 0.4) is 0 Å². The minimum atomic E-state index is -1.18. The second-order valence-electron chi connectivity index (χ2n) is 6.81. The summed E-state index contributed by atoms with van der Waals surface area (Å²) in [6, 6.07) is 7.47. The predicted octanol–water partition coefficient (Wildman–Crippen LogP) is 2.11. The molecule has 6 heteroatoms. The van der Waals surface area contributed by atoms with Gasteiger partial charge in [0, 0.05) is 36.3 Å². The fraction of sp³-hybridized carbons (Fsp3) is 0.611. The van der Waals surface area contributed by atoms with E-state index in [1.165, 1.54) is 0 Å². The van der Waals surface area contributed by atoms with Crippen molar-refractivity contribution in [1.29, 1.82) is 0 Å². The molecule has 1 aromatic carbocycles. The number of benzene rings is 1. The standard InChI is InChI=1S/C18H26ClN3O2/c1-2-12-11-20-21-16(12)13-7-9-22(10-8-13)18(24)17(23)14-5-3-4-6-15(14)19/h3-6,12-13,16-17,20-21,23H,2,7-11H2,1H3. The van der Waals surface area contributed by atoms with E-state index >= 15 is 0 Å². The summed E-state index contributed by atoms with van der Waals surface area (Å²) >= 11 is 6.10. The number of aliphatic hydroxyl groups excluding tert-OH is 1. The van der Waals surface area contributed by atoms with E-state index in [0.29, 0.717) is 41.6 Å². The Morgan fingerprint density at radius 1 is 1.38 bits per heavy atom. The zero-order valence-electron chi connectivity index (χ0n) is 14.0. The van der Waals surface area contributed by atoms with Gasteiger partial charge in [-0.1, -0.05) is 43.1 Å². The van der Waals surface area contributed by atoms with Crippen molar-refractivity contribution in [2.24, 2.45) is 11.8 Å². The summed E-state index contributed by atoms with van der Waals surface area (Å²) in [6.45, 7) is 4.63. The number of carbonyl (C=O) groups is 1. The van der Waals surface area contributed by atoms with E-state index in [2.05, 4.69) is 17.8 Å². The Balaban J connectivity index is 1.58. The van der Waals surface area contributed by atoms with Crippen LogP contribution in [0.25, 0.3) is 0 Å². The lowest BCUT2D eigenvalue weighted by Crippen LogP contribution is -2.47. The number of rotatable bonds is 4. The number of hydrogen-bond donors (Lipinski definition) is 3. The molecule has 2 fully saturated rings. The van der Waals surface area contributed by atoms with Gasteiger partial charge in [0.25, 0.3) is 5.91 Å². The van der Waals surface area contributed by atoms with Gasteiger partial charge in [-0.05, 0) is 30.7 Å². The van der Waals surface area contributed by atoms with Crippen LogP contribution in [-0.2, 0) is 4.79 Å². The number of nitrogens with one attached hydrogen (secondary N) is 2. The molecule has 0 aromatic heterocycles. The molecule has 2 aliphatic heterocycles. The molecule has 0 bridgehead atoms. The lowest BCUT2D eigenvalue weighted by Gasteiger charge is -2.37. The highest BCUT2D eigenvalue weighted by molar-refractivity contribution is 6.31. The number of halogens is 1. The van der Waals surface area contributed by atoms with E-state index in [1.807, 2.05) is 0 Å². The van der Waals surface area contributed by atoms with Crippen LogP contribution < -0.4 is 10.9 Å². The van der Waals surface area contributed by atoms with E-state index in [1.54, 1.807) is 29.2 Å². The van der Waals surface area contributed by atoms with Crippen LogP contribution in [0.1, 0.15) is 37.9 Å². The first-order valence-electron chi connectivity index (χ1n) is 8.81. The maximum atomic E-state index is 12.6. The minimum absolute atomic E-state index is 0.244. The molecule has 3 atom stereocenters. The van der Waals surface area contributed by atoms with Crippen LogP contribution in [0.5, 0.6) is 0 Å². The molecule has 24 heavy (non-hydrogen) atoms. The average Bonchev–Trinajstić information content (AvgIpc) is 3.10. The summed E-state index contributed by atoms with van der Waals surface area (Å²) in [5.74, 6) is 0.989. The summed E-state index contributed by atoms with van der Waals surface area (Å²) in [4.78, 5) is 14.4. The first-order chi connectivity index (χ1) is 11.6. The Kier molecular flexibility index (Phi) is 5.76. The number of carbonyl (C=O) groups excluding carboxylic acids is 1. The molecule has 3 rings (SSSR count). The fourth-order valence-electron chi connectivity index (χ4n) is 3.94. The van der Waals surface area contributed by atoms with Crippen molar-refractivity contribution >= 4 is 17.5 Å². The van der Waals surface area contributed by atoms with Gasteiger partial charge in [-0.3, -0.25) is 15.6 Å². The van der Waals surface area contributed by atoms with Crippen molar-refractivity contribution in [3.8, 4) is 0 Å². The number of aliphatic hydroxyl groups is 1. The van der Waals surface area contributed by atoms with Gasteiger partial charge in [0.1, 0.15) is 0 Å². The van der Waals surface area contributed by atoms with E-state index in [9.17, 15) is 9.90 Å². The second-order valence-corrected chi connectivity index (χ2v) is 7.21. The summed E-state index contributed by atoms with van der Waals surface area (Å²) in [7, 11) is 0. The quantitative estimate of drug-likeness (QED) is 0.777. The molecule has 2 saturated heterocycles. The van der Waals surface area contributed by atoms with Crippen LogP contribution >= 0.6 is 11.6 Å².